The second-order valence-electron chi connectivity index (χ2n) is 6.61. The minimum Gasteiger partial charge on any atom is -0.355 e. The number of nitrogens with one attached hydrogen (secondary N) is 2. The van der Waals surface area contributed by atoms with Gasteiger partial charge in [-0.15, -0.1) is 0 Å². The van der Waals surface area contributed by atoms with Crippen LogP contribution in [0.2, 0.25) is 0 Å². The number of aliphatic imine (C=N–C) groups is 1. The van der Waals surface area contributed by atoms with Crippen LogP contribution < -0.4 is 10.6 Å². The number of benzene rings is 2. The van der Waals surface area contributed by atoms with E-state index in [1.54, 1.807) is 7.05 Å². The van der Waals surface area contributed by atoms with Gasteiger partial charge in [0.2, 0.25) is 0 Å². The first-order valence-electron chi connectivity index (χ1n) is 9.05. The average Bonchev–Trinajstić information content (AvgIpc) is 2.66. The third kappa shape index (κ3) is 8.74. The maximum atomic E-state index is 13.6. The monoisotopic (exact) mass is 439 g/mol. The highest BCUT2D eigenvalue weighted by molar-refractivity contribution is 7.89. The van der Waals surface area contributed by atoms with E-state index in [1.165, 1.54) is 18.2 Å². The van der Waals surface area contributed by atoms with Gasteiger partial charge in [0.05, 0.1) is 5.75 Å². The normalized spacial score (nSPS) is 13.1. The molecule has 158 valence electrons. The lowest BCUT2D eigenvalue weighted by atomic mass is 10.1. The van der Waals surface area contributed by atoms with Crippen LogP contribution in [0.1, 0.15) is 16.7 Å². The molecule has 1 atom stereocenters. The maximum Gasteiger partial charge on any atom is 0.191 e. The van der Waals surface area contributed by atoms with Gasteiger partial charge in [0, 0.05) is 48.7 Å². The van der Waals surface area contributed by atoms with E-state index in [0.717, 1.165) is 11.8 Å². The zero-order chi connectivity index (χ0) is 21.3. The van der Waals surface area contributed by atoms with Crippen molar-refractivity contribution in [2.24, 2.45) is 4.99 Å². The third-order valence-electron chi connectivity index (χ3n) is 4.05. The van der Waals surface area contributed by atoms with E-state index in [4.69, 9.17) is 0 Å². The molecule has 0 aliphatic carbocycles. The van der Waals surface area contributed by atoms with Crippen LogP contribution in [0, 0.1) is 5.82 Å². The van der Waals surface area contributed by atoms with Crippen molar-refractivity contribution in [1.29, 1.82) is 0 Å². The van der Waals surface area contributed by atoms with E-state index in [9.17, 15) is 17.0 Å². The van der Waals surface area contributed by atoms with E-state index in [1.807, 2.05) is 30.3 Å². The van der Waals surface area contributed by atoms with E-state index in [2.05, 4.69) is 15.6 Å². The molecule has 0 amide bonds. The van der Waals surface area contributed by atoms with Crippen molar-refractivity contribution in [2.45, 2.75) is 18.1 Å². The molecular formula is C20H26FN3O3S2. The predicted octanol–water partition coefficient (Wildman–Crippen LogP) is 1.98. The Balaban J connectivity index is 1.86. The molecule has 0 spiro atoms. The molecule has 0 fully saturated rings. The van der Waals surface area contributed by atoms with Gasteiger partial charge in [0.15, 0.2) is 15.8 Å². The lowest BCUT2D eigenvalue weighted by molar-refractivity contribution is 0.599. The lowest BCUT2D eigenvalue weighted by Gasteiger charge is -2.14. The molecule has 0 radical (unpaired) electrons. The molecule has 0 aliphatic heterocycles. The molecule has 0 heterocycles. The molecule has 2 rings (SSSR count). The number of hydrogen-bond donors (Lipinski definition) is 2. The topological polar surface area (TPSA) is 87.6 Å². The van der Waals surface area contributed by atoms with Gasteiger partial charge in [0.25, 0.3) is 0 Å². The number of sulfone groups is 1. The van der Waals surface area contributed by atoms with E-state index in [0.29, 0.717) is 35.1 Å². The molecule has 2 N–H and O–H groups in total. The van der Waals surface area contributed by atoms with Crippen LogP contribution in [0.15, 0.2) is 53.5 Å². The van der Waals surface area contributed by atoms with Crippen LogP contribution in [-0.4, -0.2) is 44.2 Å². The van der Waals surface area contributed by atoms with Crippen molar-refractivity contribution in [3.63, 3.8) is 0 Å². The summed E-state index contributed by atoms with van der Waals surface area (Å²) < 4.78 is 49.0. The molecule has 0 bridgehead atoms. The Morgan fingerprint density at radius 1 is 1.10 bits per heavy atom. The van der Waals surface area contributed by atoms with Crippen LogP contribution in [0.5, 0.6) is 0 Å². The number of nitrogens with zero attached hydrogens (tertiary/aromatic N) is 1. The molecule has 9 heteroatoms. The minimum absolute atomic E-state index is 0.158. The Bertz CT molecular complexity index is 964. The molecule has 2 aromatic rings. The fraction of sp³-hybridized carbons (Fsp3) is 0.350. The first-order valence-corrected chi connectivity index (χ1v) is 12.6. The van der Waals surface area contributed by atoms with Gasteiger partial charge in [-0.05, 0) is 28.8 Å². The fourth-order valence-electron chi connectivity index (χ4n) is 2.70. The van der Waals surface area contributed by atoms with Gasteiger partial charge >= 0.3 is 0 Å². The summed E-state index contributed by atoms with van der Waals surface area (Å²) in [6, 6.07) is 13.7. The number of guanidine groups is 1. The largest absolute Gasteiger partial charge is 0.355 e. The van der Waals surface area contributed by atoms with E-state index >= 15 is 0 Å². The lowest BCUT2D eigenvalue weighted by Crippen LogP contribution is -2.39. The Morgan fingerprint density at radius 2 is 1.83 bits per heavy atom. The average molecular weight is 440 g/mol. The summed E-state index contributed by atoms with van der Waals surface area (Å²) in [4.78, 5) is 4.09. The SMILES string of the molecule is CN=C(NCCS(=O)Cc1ccccc1)NCc1cc(F)ccc1CS(C)(=O)=O. The summed E-state index contributed by atoms with van der Waals surface area (Å²) in [6.45, 7) is 0.674. The molecule has 0 aromatic heterocycles. The van der Waals surface area contributed by atoms with Crippen molar-refractivity contribution in [1.82, 2.24) is 10.6 Å². The van der Waals surface area contributed by atoms with Gasteiger partial charge in [-0.2, -0.15) is 0 Å². The second kappa shape index (κ2) is 11.1. The first-order chi connectivity index (χ1) is 13.8. The van der Waals surface area contributed by atoms with Crippen molar-refractivity contribution in [3.8, 4) is 0 Å². The van der Waals surface area contributed by atoms with Crippen LogP contribution in [0.4, 0.5) is 4.39 Å². The summed E-state index contributed by atoms with van der Waals surface area (Å²) in [5.74, 6) is 0.825. The molecule has 2 aromatic carbocycles. The fourth-order valence-corrected chi connectivity index (χ4v) is 4.58. The van der Waals surface area contributed by atoms with Gasteiger partial charge in [-0.1, -0.05) is 36.4 Å². The molecule has 0 saturated carbocycles. The van der Waals surface area contributed by atoms with Crippen molar-refractivity contribution >= 4 is 26.6 Å². The van der Waals surface area contributed by atoms with Gasteiger partial charge in [-0.25, -0.2) is 12.8 Å². The molecule has 0 aliphatic rings. The maximum absolute atomic E-state index is 13.6. The molecular weight excluding hydrogens is 413 g/mol. The Labute approximate surface area is 174 Å². The summed E-state index contributed by atoms with van der Waals surface area (Å²) in [5.41, 5.74) is 2.12. The van der Waals surface area contributed by atoms with Crippen LogP contribution >= 0.6 is 0 Å². The first kappa shape index (κ1) is 23.0. The highest BCUT2D eigenvalue weighted by Crippen LogP contribution is 2.14. The summed E-state index contributed by atoms with van der Waals surface area (Å²) in [7, 11) is -2.65. The van der Waals surface area contributed by atoms with Crippen LogP contribution in [0.25, 0.3) is 0 Å². The summed E-state index contributed by atoms with van der Waals surface area (Å²) >= 11 is 0. The van der Waals surface area contributed by atoms with E-state index < -0.39 is 26.5 Å². The molecule has 29 heavy (non-hydrogen) atoms. The van der Waals surface area contributed by atoms with Gasteiger partial charge in [-0.3, -0.25) is 9.20 Å². The molecule has 0 saturated heterocycles. The van der Waals surface area contributed by atoms with Gasteiger partial charge < -0.3 is 10.6 Å². The van der Waals surface area contributed by atoms with Crippen LogP contribution in [0.3, 0.4) is 0 Å². The molecule has 6 nitrogen and oxygen atoms in total. The van der Waals surface area contributed by atoms with E-state index in [-0.39, 0.29) is 12.3 Å². The zero-order valence-electron chi connectivity index (χ0n) is 16.5. The highest BCUT2D eigenvalue weighted by atomic mass is 32.2. The number of hydrogen-bond acceptors (Lipinski definition) is 4. The standard InChI is InChI=1S/C20H26FN3O3S2/c1-22-20(23-10-11-28(25)14-16-6-4-3-5-7-16)24-13-18-12-19(21)9-8-17(18)15-29(2,26)27/h3-9,12H,10-11,13-15H2,1-2H3,(H2,22,23,24). The Kier molecular flexibility index (Phi) is 8.78. The van der Waals surface area contributed by atoms with Crippen molar-refractivity contribution in [2.75, 3.05) is 25.6 Å². The van der Waals surface area contributed by atoms with Crippen LogP contribution in [-0.2, 0) is 38.7 Å². The zero-order valence-corrected chi connectivity index (χ0v) is 18.2. The summed E-state index contributed by atoms with van der Waals surface area (Å²) in [6.07, 6.45) is 1.14. The second-order valence-corrected chi connectivity index (χ2v) is 10.3. The number of halogens is 1. The number of rotatable bonds is 9. The quantitative estimate of drug-likeness (QED) is 0.461. The highest BCUT2D eigenvalue weighted by Gasteiger charge is 2.11. The molecule has 1 unspecified atom stereocenters. The smallest absolute Gasteiger partial charge is 0.191 e. The Hall–Kier alpha value is -2.26. The third-order valence-corrected chi connectivity index (χ3v) is 6.20. The summed E-state index contributed by atoms with van der Waals surface area (Å²) in [5, 5.41) is 6.11. The predicted molar refractivity (Wildman–Crippen MR) is 116 cm³/mol. The van der Waals surface area contributed by atoms with Gasteiger partial charge in [0.1, 0.15) is 5.82 Å². The van der Waals surface area contributed by atoms with Crippen molar-refractivity contribution in [3.05, 3.63) is 71.0 Å². The van der Waals surface area contributed by atoms with Crippen molar-refractivity contribution < 1.29 is 17.0 Å². The minimum atomic E-state index is -3.24. The Morgan fingerprint density at radius 3 is 2.48 bits per heavy atom.